The van der Waals surface area contributed by atoms with Crippen LogP contribution in [0.2, 0.25) is 0 Å². The summed E-state index contributed by atoms with van der Waals surface area (Å²) in [6.45, 7) is 1.54. The Kier molecular flexibility index (Phi) is 8.70. The van der Waals surface area contributed by atoms with Gasteiger partial charge in [-0.2, -0.15) is 0 Å². The SMILES string of the molecule is I.O=[N+]([O-])c1ccc(CN=C(NCCc2ccccc2)NCc2nnc3ccccn23)cc1. The molecule has 4 rings (SSSR count). The van der Waals surface area contributed by atoms with Gasteiger partial charge in [0.1, 0.15) is 0 Å². The van der Waals surface area contributed by atoms with E-state index in [1.54, 1.807) is 12.1 Å². The molecule has 2 aromatic carbocycles. The van der Waals surface area contributed by atoms with Crippen LogP contribution in [0.3, 0.4) is 0 Å². The molecule has 0 saturated heterocycles. The number of hydrogen-bond donors (Lipinski definition) is 2. The van der Waals surface area contributed by atoms with Crippen LogP contribution in [0.1, 0.15) is 17.0 Å². The van der Waals surface area contributed by atoms with E-state index in [4.69, 9.17) is 0 Å². The minimum Gasteiger partial charge on any atom is -0.356 e. The number of nitro benzene ring substituents is 1. The average molecular weight is 557 g/mol. The highest BCUT2D eigenvalue weighted by atomic mass is 127. The summed E-state index contributed by atoms with van der Waals surface area (Å²) >= 11 is 0. The lowest BCUT2D eigenvalue weighted by molar-refractivity contribution is -0.384. The lowest BCUT2D eigenvalue weighted by Crippen LogP contribution is -2.38. The number of rotatable bonds is 8. The Hall–Kier alpha value is -3.54. The van der Waals surface area contributed by atoms with Crippen LogP contribution < -0.4 is 10.6 Å². The zero-order valence-corrected chi connectivity index (χ0v) is 20.1. The van der Waals surface area contributed by atoms with E-state index < -0.39 is 4.92 Å². The van der Waals surface area contributed by atoms with Gasteiger partial charge in [-0.1, -0.05) is 48.5 Å². The number of fused-ring (bicyclic) bond motifs is 1. The molecule has 0 saturated carbocycles. The molecule has 2 heterocycles. The lowest BCUT2D eigenvalue weighted by atomic mass is 10.1. The molecule has 2 N–H and O–H groups in total. The molecule has 170 valence electrons. The van der Waals surface area contributed by atoms with E-state index in [0.717, 1.165) is 23.5 Å². The van der Waals surface area contributed by atoms with Crippen molar-refractivity contribution in [3.63, 3.8) is 0 Å². The number of guanidine groups is 1. The molecular formula is C23H24IN7O2. The molecule has 0 atom stereocenters. The average Bonchev–Trinajstić information content (AvgIpc) is 3.24. The van der Waals surface area contributed by atoms with Gasteiger partial charge in [-0.25, -0.2) is 4.99 Å². The summed E-state index contributed by atoms with van der Waals surface area (Å²) in [5.41, 5.74) is 2.97. The summed E-state index contributed by atoms with van der Waals surface area (Å²) < 4.78 is 1.92. The normalized spacial score (nSPS) is 11.1. The molecule has 0 radical (unpaired) electrons. The topological polar surface area (TPSA) is 110 Å². The van der Waals surface area contributed by atoms with Gasteiger partial charge in [-0.15, -0.1) is 34.2 Å². The Bertz CT molecular complexity index is 1210. The minimum atomic E-state index is -0.409. The lowest BCUT2D eigenvalue weighted by Gasteiger charge is -2.12. The van der Waals surface area contributed by atoms with Crippen LogP contribution in [0.15, 0.2) is 84.0 Å². The number of hydrogen-bond acceptors (Lipinski definition) is 5. The van der Waals surface area contributed by atoms with Gasteiger partial charge in [0.2, 0.25) is 0 Å². The number of pyridine rings is 1. The summed E-state index contributed by atoms with van der Waals surface area (Å²) in [6, 6.07) is 22.4. The molecule has 9 nitrogen and oxygen atoms in total. The molecule has 0 aliphatic rings. The van der Waals surface area contributed by atoms with Crippen LogP contribution in [-0.2, 0) is 19.5 Å². The van der Waals surface area contributed by atoms with E-state index in [2.05, 4.69) is 38.0 Å². The third-order valence-corrected chi connectivity index (χ3v) is 4.91. The molecule has 0 aliphatic heterocycles. The van der Waals surface area contributed by atoms with Gasteiger partial charge in [0.25, 0.3) is 5.69 Å². The quantitative estimate of drug-likeness (QED) is 0.112. The molecule has 0 aliphatic carbocycles. The van der Waals surface area contributed by atoms with Crippen molar-refractivity contribution in [2.75, 3.05) is 6.54 Å². The van der Waals surface area contributed by atoms with Gasteiger partial charge in [0.05, 0.1) is 18.0 Å². The van der Waals surface area contributed by atoms with Gasteiger partial charge >= 0.3 is 0 Å². The predicted molar refractivity (Wildman–Crippen MR) is 138 cm³/mol. The fourth-order valence-corrected chi connectivity index (χ4v) is 3.21. The van der Waals surface area contributed by atoms with Crippen LogP contribution in [-0.4, -0.2) is 32.0 Å². The summed E-state index contributed by atoms with van der Waals surface area (Å²) in [4.78, 5) is 15.1. The molecule has 0 amide bonds. The second-order valence-electron chi connectivity index (χ2n) is 7.15. The number of benzene rings is 2. The predicted octanol–water partition coefficient (Wildman–Crippen LogP) is 3.73. The number of aliphatic imine (C=N–C) groups is 1. The maximum Gasteiger partial charge on any atom is 0.269 e. The smallest absolute Gasteiger partial charge is 0.269 e. The molecule has 33 heavy (non-hydrogen) atoms. The van der Waals surface area contributed by atoms with Crippen molar-refractivity contribution in [3.05, 3.63) is 106 Å². The molecule has 0 fully saturated rings. The fourth-order valence-electron chi connectivity index (χ4n) is 3.21. The van der Waals surface area contributed by atoms with E-state index >= 15 is 0 Å². The first-order valence-corrected chi connectivity index (χ1v) is 10.3. The summed E-state index contributed by atoms with van der Waals surface area (Å²) in [5, 5.41) is 25.9. The summed E-state index contributed by atoms with van der Waals surface area (Å²) in [7, 11) is 0. The van der Waals surface area contributed by atoms with Crippen LogP contribution in [0.25, 0.3) is 5.65 Å². The molecule has 0 bridgehead atoms. The van der Waals surface area contributed by atoms with Crippen LogP contribution >= 0.6 is 24.0 Å². The molecule has 0 spiro atoms. The second-order valence-corrected chi connectivity index (χ2v) is 7.15. The number of nitrogens with zero attached hydrogens (tertiary/aromatic N) is 5. The Morgan fingerprint density at radius 3 is 2.45 bits per heavy atom. The second kappa shape index (κ2) is 11.9. The Balaban J connectivity index is 0.00000306. The number of nitro groups is 1. The number of aromatic nitrogens is 3. The first-order valence-electron chi connectivity index (χ1n) is 10.3. The maximum atomic E-state index is 10.8. The van der Waals surface area contributed by atoms with Crippen molar-refractivity contribution >= 4 is 41.3 Å². The molecule has 2 aromatic heterocycles. The highest BCUT2D eigenvalue weighted by Gasteiger charge is 2.07. The first-order chi connectivity index (χ1) is 15.7. The maximum absolute atomic E-state index is 10.8. The number of nitrogens with one attached hydrogen (secondary N) is 2. The molecular weight excluding hydrogens is 533 g/mol. The summed E-state index contributed by atoms with van der Waals surface area (Å²) in [6.07, 6.45) is 2.77. The van der Waals surface area contributed by atoms with Crippen LogP contribution in [0, 0.1) is 10.1 Å². The minimum absolute atomic E-state index is 0. The molecule has 10 heteroatoms. The van der Waals surface area contributed by atoms with Crippen molar-refractivity contribution in [2.45, 2.75) is 19.5 Å². The third-order valence-electron chi connectivity index (χ3n) is 4.91. The number of non-ortho nitro benzene ring substituents is 1. The Morgan fingerprint density at radius 1 is 0.939 bits per heavy atom. The standard InChI is InChI=1S/C23H23N7O2.HI/c31-30(32)20-11-9-19(10-12-20)16-25-23(24-14-13-18-6-2-1-3-7-18)26-17-22-28-27-21-8-4-5-15-29(21)22;/h1-12,15H,13-14,16-17H2,(H2,24,25,26);1H. The van der Waals surface area contributed by atoms with Gasteiger partial charge in [-0.3, -0.25) is 14.5 Å². The highest BCUT2D eigenvalue weighted by molar-refractivity contribution is 14.0. The Labute approximate surface area is 208 Å². The van der Waals surface area contributed by atoms with E-state index in [1.165, 1.54) is 17.7 Å². The van der Waals surface area contributed by atoms with Crippen LogP contribution in [0.5, 0.6) is 0 Å². The van der Waals surface area contributed by atoms with Crippen molar-refractivity contribution in [2.24, 2.45) is 4.99 Å². The van der Waals surface area contributed by atoms with Crippen molar-refractivity contribution in [1.29, 1.82) is 0 Å². The van der Waals surface area contributed by atoms with Gasteiger partial charge < -0.3 is 10.6 Å². The third kappa shape index (κ3) is 6.72. The van der Waals surface area contributed by atoms with Gasteiger partial charge in [0.15, 0.2) is 17.4 Å². The van der Waals surface area contributed by atoms with E-state index in [1.807, 2.05) is 47.0 Å². The van der Waals surface area contributed by atoms with E-state index in [-0.39, 0.29) is 29.7 Å². The highest BCUT2D eigenvalue weighted by Crippen LogP contribution is 2.12. The van der Waals surface area contributed by atoms with Crippen molar-refractivity contribution in [1.82, 2.24) is 25.2 Å². The van der Waals surface area contributed by atoms with Crippen molar-refractivity contribution in [3.8, 4) is 0 Å². The first kappa shape index (κ1) is 24.1. The molecule has 4 aromatic rings. The van der Waals surface area contributed by atoms with Crippen molar-refractivity contribution < 1.29 is 4.92 Å². The van der Waals surface area contributed by atoms with Gasteiger partial charge in [-0.05, 0) is 29.7 Å². The summed E-state index contributed by atoms with van der Waals surface area (Å²) in [5.74, 6) is 1.40. The fraction of sp³-hybridized carbons (Fsp3) is 0.174. The van der Waals surface area contributed by atoms with E-state index in [0.29, 0.717) is 25.6 Å². The van der Waals surface area contributed by atoms with E-state index in [9.17, 15) is 10.1 Å². The zero-order valence-electron chi connectivity index (χ0n) is 17.8. The molecule has 0 unspecified atom stereocenters. The zero-order chi connectivity index (χ0) is 22.2. The van der Waals surface area contributed by atoms with Crippen LogP contribution in [0.4, 0.5) is 5.69 Å². The number of halogens is 1. The largest absolute Gasteiger partial charge is 0.356 e. The Morgan fingerprint density at radius 2 is 1.70 bits per heavy atom. The van der Waals surface area contributed by atoms with Gasteiger partial charge in [0, 0.05) is 24.9 Å². The monoisotopic (exact) mass is 557 g/mol.